The highest BCUT2D eigenvalue weighted by Gasteiger charge is 2.30. The third kappa shape index (κ3) is 3.80. The lowest BCUT2D eigenvalue weighted by molar-refractivity contribution is -0.132. The molecule has 0 saturated carbocycles. The number of aliphatic hydroxyl groups excluding tert-OH is 1. The number of nitrogens with one attached hydrogen (secondary N) is 1. The average molecular weight is 363 g/mol. The van der Waals surface area contributed by atoms with Gasteiger partial charge in [0.15, 0.2) is 23.3 Å². The Morgan fingerprint density at radius 1 is 1.24 bits per heavy atom. The fourth-order valence-electron chi connectivity index (χ4n) is 2.28. The van der Waals surface area contributed by atoms with Crippen LogP contribution in [0.2, 0.25) is 0 Å². The monoisotopic (exact) mass is 363 g/mol. The zero-order chi connectivity index (χ0) is 18.7. The molecule has 1 aliphatic heterocycles. The lowest BCUT2D eigenvalue weighted by Crippen LogP contribution is -2.33. The van der Waals surface area contributed by atoms with E-state index in [0.717, 1.165) is 0 Å². The van der Waals surface area contributed by atoms with Gasteiger partial charge in [-0.05, 0) is 12.5 Å². The maximum Gasteiger partial charge on any atom is 0.341 e. The summed E-state index contributed by atoms with van der Waals surface area (Å²) in [6.07, 6.45) is 0.377. The Hall–Kier alpha value is -2.46. The van der Waals surface area contributed by atoms with E-state index >= 15 is 0 Å². The van der Waals surface area contributed by atoms with Crippen LogP contribution in [0.25, 0.3) is 0 Å². The van der Waals surface area contributed by atoms with Crippen molar-refractivity contribution in [2.45, 2.75) is 12.6 Å². The van der Waals surface area contributed by atoms with E-state index in [-0.39, 0.29) is 25.2 Å². The SMILES string of the molecule is O=C(O)C(=CNC1OCCC1CO)C(=O)c1cc(F)c(F)c(F)c1F. The van der Waals surface area contributed by atoms with Crippen LogP contribution in [0, 0.1) is 29.2 Å². The van der Waals surface area contributed by atoms with Crippen LogP contribution >= 0.6 is 0 Å². The van der Waals surface area contributed by atoms with E-state index in [2.05, 4.69) is 5.32 Å². The van der Waals surface area contributed by atoms with Crippen LogP contribution in [0.4, 0.5) is 17.6 Å². The lowest BCUT2D eigenvalue weighted by Gasteiger charge is -2.17. The van der Waals surface area contributed by atoms with Gasteiger partial charge in [0.25, 0.3) is 0 Å². The lowest BCUT2D eigenvalue weighted by atomic mass is 10.0. The molecule has 1 saturated heterocycles. The fraction of sp³-hybridized carbons (Fsp3) is 0.333. The van der Waals surface area contributed by atoms with Crippen LogP contribution in [0.5, 0.6) is 0 Å². The highest BCUT2D eigenvalue weighted by molar-refractivity contribution is 6.23. The van der Waals surface area contributed by atoms with Crippen LogP contribution < -0.4 is 5.32 Å². The predicted octanol–water partition coefficient (Wildman–Crippen LogP) is 1.34. The molecule has 136 valence electrons. The molecule has 1 fully saturated rings. The molecule has 6 nitrogen and oxygen atoms in total. The molecule has 10 heteroatoms. The highest BCUT2D eigenvalue weighted by Crippen LogP contribution is 2.22. The Kier molecular flexibility index (Phi) is 5.75. The summed E-state index contributed by atoms with van der Waals surface area (Å²) in [5.41, 5.74) is -2.31. The Labute approximate surface area is 138 Å². The molecule has 0 aliphatic carbocycles. The summed E-state index contributed by atoms with van der Waals surface area (Å²) in [5.74, 6) is -11.9. The van der Waals surface area contributed by atoms with Gasteiger partial charge in [0.05, 0.1) is 12.2 Å². The van der Waals surface area contributed by atoms with Crippen LogP contribution in [0.1, 0.15) is 16.8 Å². The zero-order valence-electron chi connectivity index (χ0n) is 12.6. The van der Waals surface area contributed by atoms with Gasteiger partial charge >= 0.3 is 5.97 Å². The number of carbonyl (C=O) groups excluding carboxylic acids is 1. The van der Waals surface area contributed by atoms with E-state index in [1.54, 1.807) is 0 Å². The van der Waals surface area contributed by atoms with E-state index in [1.165, 1.54) is 0 Å². The molecular formula is C15H13F4NO5. The number of carboxylic acids is 1. The molecule has 2 unspecified atom stereocenters. The minimum atomic E-state index is -2.22. The van der Waals surface area contributed by atoms with Gasteiger partial charge in [-0.1, -0.05) is 0 Å². The number of hydrogen-bond donors (Lipinski definition) is 3. The zero-order valence-corrected chi connectivity index (χ0v) is 12.6. The van der Waals surface area contributed by atoms with Crippen LogP contribution in [0.15, 0.2) is 17.8 Å². The first-order valence-corrected chi connectivity index (χ1v) is 7.07. The largest absolute Gasteiger partial charge is 0.477 e. The molecule has 3 N–H and O–H groups in total. The van der Waals surface area contributed by atoms with Crippen LogP contribution in [0.3, 0.4) is 0 Å². The van der Waals surface area contributed by atoms with Gasteiger partial charge < -0.3 is 20.3 Å². The number of carbonyl (C=O) groups is 2. The summed E-state index contributed by atoms with van der Waals surface area (Å²) in [7, 11) is 0. The van der Waals surface area contributed by atoms with Gasteiger partial charge in [-0.15, -0.1) is 0 Å². The summed E-state index contributed by atoms with van der Waals surface area (Å²) in [6.45, 7) is 0.0287. The molecule has 2 rings (SSSR count). The highest BCUT2D eigenvalue weighted by atomic mass is 19.2. The number of Topliss-reactive ketones (excluding diaryl/α,β-unsaturated/α-hetero) is 1. The van der Waals surface area contributed by atoms with Crippen molar-refractivity contribution in [3.05, 3.63) is 46.7 Å². The maximum absolute atomic E-state index is 13.7. The van der Waals surface area contributed by atoms with Crippen LogP contribution in [-0.2, 0) is 9.53 Å². The second-order valence-electron chi connectivity index (χ2n) is 5.23. The number of aliphatic hydroxyl groups is 1. The van der Waals surface area contributed by atoms with Crippen LogP contribution in [-0.4, -0.2) is 41.4 Å². The van der Waals surface area contributed by atoms with Crippen molar-refractivity contribution >= 4 is 11.8 Å². The minimum absolute atomic E-state index is 0.0788. The van der Waals surface area contributed by atoms with E-state index in [4.69, 9.17) is 14.9 Å². The number of rotatable bonds is 6. The molecule has 0 amide bonds. The number of ether oxygens (including phenoxy) is 1. The quantitative estimate of drug-likeness (QED) is 0.134. The first-order chi connectivity index (χ1) is 11.8. The topological polar surface area (TPSA) is 95.9 Å². The van der Waals surface area contributed by atoms with Crippen molar-refractivity contribution in [2.24, 2.45) is 5.92 Å². The minimum Gasteiger partial charge on any atom is -0.477 e. The normalized spacial score (nSPS) is 20.6. The molecule has 1 heterocycles. The molecule has 0 bridgehead atoms. The van der Waals surface area contributed by atoms with E-state index in [9.17, 15) is 27.2 Å². The first kappa shape index (κ1) is 18.9. The van der Waals surface area contributed by atoms with E-state index in [1.807, 2.05) is 0 Å². The standard InChI is InChI=1S/C15H13F4NO5/c16-9-3-7(10(17)12(19)11(9)18)13(22)8(15(23)24)4-20-14-6(5-21)1-2-25-14/h3-4,6,14,20-21H,1-2,5H2,(H,23,24). The average Bonchev–Trinajstić information content (AvgIpc) is 3.03. The summed E-state index contributed by atoms with van der Waals surface area (Å²) in [5, 5.41) is 20.7. The van der Waals surface area contributed by atoms with Crippen molar-refractivity contribution in [3.8, 4) is 0 Å². The van der Waals surface area contributed by atoms with Gasteiger partial charge in [-0.3, -0.25) is 4.79 Å². The first-order valence-electron chi connectivity index (χ1n) is 7.07. The molecule has 1 aromatic rings. The van der Waals surface area contributed by atoms with Gasteiger partial charge in [-0.2, -0.15) is 0 Å². The Bertz CT molecular complexity index is 737. The number of ketones is 1. The Balaban J connectivity index is 2.33. The smallest absolute Gasteiger partial charge is 0.341 e. The number of halogens is 4. The van der Waals surface area contributed by atoms with E-state index in [0.29, 0.717) is 12.6 Å². The third-order valence-corrected chi connectivity index (χ3v) is 3.66. The molecular weight excluding hydrogens is 350 g/mol. The van der Waals surface area contributed by atoms with Gasteiger partial charge in [0.1, 0.15) is 11.8 Å². The van der Waals surface area contributed by atoms with Crippen molar-refractivity contribution in [1.82, 2.24) is 5.32 Å². The second kappa shape index (κ2) is 7.62. The third-order valence-electron chi connectivity index (χ3n) is 3.66. The van der Waals surface area contributed by atoms with Crippen molar-refractivity contribution in [1.29, 1.82) is 0 Å². The predicted molar refractivity (Wildman–Crippen MR) is 74.4 cm³/mol. The van der Waals surface area contributed by atoms with Gasteiger partial charge in [0.2, 0.25) is 5.78 Å². The van der Waals surface area contributed by atoms with Crippen molar-refractivity contribution in [3.63, 3.8) is 0 Å². The molecule has 25 heavy (non-hydrogen) atoms. The summed E-state index contributed by atoms with van der Waals surface area (Å²) >= 11 is 0. The number of hydrogen-bond acceptors (Lipinski definition) is 5. The van der Waals surface area contributed by atoms with Crippen molar-refractivity contribution in [2.75, 3.05) is 13.2 Å². The Morgan fingerprint density at radius 3 is 2.52 bits per heavy atom. The number of benzene rings is 1. The summed E-state index contributed by atoms with van der Waals surface area (Å²) in [6, 6.07) is 0.0788. The molecule has 1 aromatic carbocycles. The molecule has 0 aromatic heterocycles. The molecule has 0 radical (unpaired) electrons. The second-order valence-corrected chi connectivity index (χ2v) is 5.23. The van der Waals surface area contributed by atoms with Crippen molar-refractivity contribution < 1.29 is 42.1 Å². The molecule has 0 spiro atoms. The maximum atomic E-state index is 13.7. The number of aliphatic carboxylic acids is 1. The molecule has 1 aliphatic rings. The fourth-order valence-corrected chi connectivity index (χ4v) is 2.28. The summed E-state index contributed by atoms with van der Waals surface area (Å²) < 4.78 is 58.2. The summed E-state index contributed by atoms with van der Waals surface area (Å²) in [4.78, 5) is 23.3. The molecule has 2 atom stereocenters. The number of carboxylic acid groups (broad SMARTS) is 1. The van der Waals surface area contributed by atoms with Gasteiger partial charge in [0, 0.05) is 18.7 Å². The van der Waals surface area contributed by atoms with Gasteiger partial charge in [-0.25, -0.2) is 22.4 Å². The van der Waals surface area contributed by atoms with E-state index < -0.39 is 52.4 Å². The Morgan fingerprint density at radius 2 is 1.92 bits per heavy atom.